The van der Waals surface area contributed by atoms with Crippen molar-refractivity contribution in [1.82, 2.24) is 14.8 Å². The van der Waals surface area contributed by atoms with Crippen molar-refractivity contribution in [3.63, 3.8) is 0 Å². The molecule has 7 nitrogen and oxygen atoms in total. The summed E-state index contributed by atoms with van der Waals surface area (Å²) >= 11 is 1.42. The second kappa shape index (κ2) is 8.68. The number of carbonyl (C=O) groups excluding carboxylic acids is 1. The Bertz CT molecular complexity index is 782. The van der Waals surface area contributed by atoms with Gasteiger partial charge in [0.2, 0.25) is 5.91 Å². The van der Waals surface area contributed by atoms with Crippen molar-refractivity contribution in [3.05, 3.63) is 16.7 Å². The highest BCUT2D eigenvalue weighted by Gasteiger charge is 2.28. The standard InChI is InChI=1S/C20H27N5O2S/c1-23-7-4-15-16(12-21)20(28-14-18(26)24-5-2-3-6-24)22-19(17(15)13-23)25-8-10-27-11-9-25/h2-11,13-14H2,1H3. The van der Waals surface area contributed by atoms with Crippen LogP contribution in [-0.2, 0) is 22.5 Å². The molecule has 2 fully saturated rings. The first kappa shape index (κ1) is 19.5. The molecule has 2 saturated heterocycles. The maximum absolute atomic E-state index is 12.5. The molecule has 0 bridgehead atoms. The normalized spacial score (nSPS) is 20.1. The molecule has 150 valence electrons. The molecule has 0 aliphatic carbocycles. The Morgan fingerprint density at radius 2 is 1.93 bits per heavy atom. The van der Waals surface area contributed by atoms with Gasteiger partial charge in [-0.2, -0.15) is 5.26 Å². The minimum atomic E-state index is 0.151. The van der Waals surface area contributed by atoms with Gasteiger partial charge >= 0.3 is 0 Å². The topological polar surface area (TPSA) is 72.7 Å². The van der Waals surface area contributed by atoms with Crippen LogP contribution in [0.3, 0.4) is 0 Å². The third kappa shape index (κ3) is 3.97. The monoisotopic (exact) mass is 401 g/mol. The number of nitrogens with zero attached hydrogens (tertiary/aromatic N) is 5. The van der Waals surface area contributed by atoms with Crippen LogP contribution in [0.4, 0.5) is 5.82 Å². The van der Waals surface area contributed by atoms with E-state index in [0.29, 0.717) is 29.6 Å². The minimum Gasteiger partial charge on any atom is -0.378 e. The third-order valence-electron chi connectivity index (χ3n) is 5.74. The van der Waals surface area contributed by atoms with E-state index in [-0.39, 0.29) is 5.91 Å². The van der Waals surface area contributed by atoms with E-state index in [1.54, 1.807) is 0 Å². The van der Waals surface area contributed by atoms with Crippen LogP contribution < -0.4 is 4.90 Å². The summed E-state index contributed by atoms with van der Waals surface area (Å²) < 4.78 is 5.51. The van der Waals surface area contributed by atoms with Crippen LogP contribution in [0.1, 0.15) is 29.5 Å². The van der Waals surface area contributed by atoms with E-state index in [1.807, 2.05) is 4.90 Å². The fraction of sp³-hybridized carbons (Fsp3) is 0.650. The first-order valence-corrected chi connectivity index (χ1v) is 11.0. The zero-order chi connectivity index (χ0) is 19.5. The number of hydrogen-bond acceptors (Lipinski definition) is 7. The lowest BCUT2D eigenvalue weighted by Gasteiger charge is -2.34. The largest absolute Gasteiger partial charge is 0.378 e. The molecule has 3 aliphatic rings. The van der Waals surface area contributed by atoms with Gasteiger partial charge in [0.25, 0.3) is 0 Å². The van der Waals surface area contributed by atoms with Gasteiger partial charge in [0.05, 0.1) is 24.5 Å². The Morgan fingerprint density at radius 3 is 2.64 bits per heavy atom. The average molecular weight is 402 g/mol. The molecule has 8 heteroatoms. The van der Waals surface area contributed by atoms with E-state index in [4.69, 9.17) is 9.72 Å². The van der Waals surface area contributed by atoms with Crippen molar-refractivity contribution < 1.29 is 9.53 Å². The maximum atomic E-state index is 12.5. The number of nitriles is 1. The van der Waals surface area contributed by atoms with Crippen LogP contribution in [0.15, 0.2) is 5.03 Å². The van der Waals surface area contributed by atoms with Crippen LogP contribution in [0.5, 0.6) is 0 Å². The Morgan fingerprint density at radius 1 is 1.18 bits per heavy atom. The molecule has 3 aliphatic heterocycles. The first-order chi connectivity index (χ1) is 13.7. The van der Waals surface area contributed by atoms with E-state index < -0.39 is 0 Å². The Balaban J connectivity index is 1.64. The number of rotatable bonds is 4. The van der Waals surface area contributed by atoms with E-state index in [0.717, 1.165) is 69.9 Å². The van der Waals surface area contributed by atoms with E-state index in [9.17, 15) is 10.1 Å². The van der Waals surface area contributed by atoms with Crippen molar-refractivity contribution in [3.8, 4) is 6.07 Å². The molecule has 1 aromatic heterocycles. The van der Waals surface area contributed by atoms with Crippen LogP contribution in [0, 0.1) is 11.3 Å². The van der Waals surface area contributed by atoms with E-state index in [2.05, 4.69) is 22.9 Å². The molecule has 28 heavy (non-hydrogen) atoms. The molecular weight excluding hydrogens is 374 g/mol. The number of aromatic nitrogens is 1. The van der Waals surface area contributed by atoms with Crippen molar-refractivity contribution in [1.29, 1.82) is 5.26 Å². The van der Waals surface area contributed by atoms with Gasteiger partial charge in [-0.25, -0.2) is 4.98 Å². The lowest BCUT2D eigenvalue weighted by molar-refractivity contribution is -0.127. The molecule has 0 aromatic carbocycles. The van der Waals surface area contributed by atoms with E-state index in [1.165, 1.54) is 17.3 Å². The second-order valence-electron chi connectivity index (χ2n) is 7.65. The lowest BCUT2D eigenvalue weighted by atomic mass is 9.96. The average Bonchev–Trinajstić information content (AvgIpc) is 3.27. The molecule has 0 atom stereocenters. The number of fused-ring (bicyclic) bond motifs is 1. The number of morpholine rings is 1. The summed E-state index contributed by atoms with van der Waals surface area (Å²) in [5.41, 5.74) is 2.95. The van der Waals surface area contributed by atoms with Crippen molar-refractivity contribution in [2.75, 3.05) is 63.6 Å². The number of thioether (sulfide) groups is 1. The van der Waals surface area contributed by atoms with Crippen LogP contribution >= 0.6 is 11.8 Å². The van der Waals surface area contributed by atoms with Gasteiger partial charge in [-0.3, -0.25) is 4.79 Å². The number of anilines is 1. The van der Waals surface area contributed by atoms with Crippen molar-refractivity contribution >= 4 is 23.5 Å². The number of carbonyl (C=O) groups is 1. The zero-order valence-corrected chi connectivity index (χ0v) is 17.3. The first-order valence-electron chi connectivity index (χ1n) is 10.0. The molecule has 4 rings (SSSR count). The minimum absolute atomic E-state index is 0.151. The Hall–Kier alpha value is -1.82. The predicted octanol–water partition coefficient (Wildman–Crippen LogP) is 1.49. The van der Waals surface area contributed by atoms with Crippen LogP contribution in [-0.4, -0.2) is 79.4 Å². The summed E-state index contributed by atoms with van der Waals surface area (Å²) in [4.78, 5) is 23.9. The summed E-state index contributed by atoms with van der Waals surface area (Å²) in [6.45, 7) is 6.47. The fourth-order valence-corrected chi connectivity index (χ4v) is 5.08. The highest BCUT2D eigenvalue weighted by atomic mass is 32.2. The Labute approximate surface area is 170 Å². The SMILES string of the molecule is CN1CCc2c(C#N)c(SCC(=O)N3CCCC3)nc(N3CCOCC3)c2C1. The summed E-state index contributed by atoms with van der Waals surface area (Å²) in [6.07, 6.45) is 3.03. The number of likely N-dealkylation sites (tertiary alicyclic amines) is 1. The van der Waals surface area contributed by atoms with Crippen molar-refractivity contribution in [2.45, 2.75) is 30.8 Å². The van der Waals surface area contributed by atoms with Gasteiger partial charge in [0, 0.05) is 44.8 Å². The second-order valence-corrected chi connectivity index (χ2v) is 8.61. The highest BCUT2D eigenvalue weighted by molar-refractivity contribution is 8.00. The van der Waals surface area contributed by atoms with Crippen LogP contribution in [0.2, 0.25) is 0 Å². The summed E-state index contributed by atoms with van der Waals surface area (Å²) in [5, 5.41) is 10.6. The molecular formula is C20H27N5O2S. The number of amides is 1. The maximum Gasteiger partial charge on any atom is 0.232 e. The van der Waals surface area contributed by atoms with Crippen LogP contribution in [0.25, 0.3) is 0 Å². The summed E-state index contributed by atoms with van der Waals surface area (Å²) in [6, 6.07) is 2.39. The summed E-state index contributed by atoms with van der Waals surface area (Å²) in [7, 11) is 2.11. The molecule has 4 heterocycles. The Kier molecular flexibility index (Phi) is 6.04. The number of pyridine rings is 1. The zero-order valence-electron chi connectivity index (χ0n) is 16.4. The lowest BCUT2D eigenvalue weighted by Crippen LogP contribution is -2.39. The molecule has 0 spiro atoms. The van der Waals surface area contributed by atoms with Crippen molar-refractivity contribution in [2.24, 2.45) is 0 Å². The molecule has 0 unspecified atom stereocenters. The molecule has 1 amide bonds. The van der Waals surface area contributed by atoms with Gasteiger partial charge in [0.1, 0.15) is 16.9 Å². The van der Waals surface area contributed by atoms with Gasteiger partial charge in [-0.15, -0.1) is 0 Å². The third-order valence-corrected chi connectivity index (χ3v) is 6.70. The number of likely N-dealkylation sites (N-methyl/N-ethyl adjacent to an activating group) is 1. The molecule has 1 aromatic rings. The van der Waals surface area contributed by atoms with E-state index >= 15 is 0 Å². The van der Waals surface area contributed by atoms with Gasteiger partial charge < -0.3 is 19.4 Å². The molecule has 0 radical (unpaired) electrons. The molecule has 0 N–H and O–H groups in total. The fourth-order valence-electron chi connectivity index (χ4n) is 4.17. The summed E-state index contributed by atoms with van der Waals surface area (Å²) in [5.74, 6) is 1.47. The quantitative estimate of drug-likeness (QED) is 0.708. The smallest absolute Gasteiger partial charge is 0.232 e. The van der Waals surface area contributed by atoms with Gasteiger partial charge in [-0.1, -0.05) is 11.8 Å². The van der Waals surface area contributed by atoms with Gasteiger partial charge in [-0.05, 0) is 31.9 Å². The van der Waals surface area contributed by atoms with Gasteiger partial charge in [0.15, 0.2) is 0 Å². The number of hydrogen-bond donors (Lipinski definition) is 0. The highest BCUT2D eigenvalue weighted by Crippen LogP contribution is 2.35. The number of ether oxygens (including phenoxy) is 1. The molecule has 0 saturated carbocycles. The predicted molar refractivity (Wildman–Crippen MR) is 109 cm³/mol.